The van der Waals surface area contributed by atoms with Crippen molar-refractivity contribution in [2.75, 3.05) is 11.1 Å². The fourth-order valence-corrected chi connectivity index (χ4v) is 5.13. The molecule has 0 unspecified atom stereocenters. The van der Waals surface area contributed by atoms with Gasteiger partial charge in [-0.15, -0.1) is 0 Å². The zero-order valence-corrected chi connectivity index (χ0v) is 22.1. The zero-order valence-electron chi connectivity index (χ0n) is 22.1. The highest BCUT2D eigenvalue weighted by Crippen LogP contribution is 2.36. The molecule has 0 saturated carbocycles. The van der Waals surface area contributed by atoms with E-state index in [4.69, 9.17) is 5.73 Å². The number of nitrogens with zero attached hydrogens (tertiary/aromatic N) is 1. The topological polar surface area (TPSA) is 61.8 Å². The Balaban J connectivity index is 1.29. The average Bonchev–Trinajstić information content (AvgIpc) is 3.02. The van der Waals surface area contributed by atoms with Gasteiger partial charge in [0.1, 0.15) is 0 Å². The summed E-state index contributed by atoms with van der Waals surface area (Å²) in [4.78, 5) is 0. The van der Waals surface area contributed by atoms with E-state index in [0.29, 0.717) is 0 Å². The summed E-state index contributed by atoms with van der Waals surface area (Å²) in [5, 5.41) is 12.8. The quantitative estimate of drug-likeness (QED) is 0.221. The van der Waals surface area contributed by atoms with Crippen LogP contribution >= 0.6 is 0 Å². The number of rotatable bonds is 6. The number of benzene rings is 5. The molecule has 1 atom stereocenters. The molecule has 6 rings (SSSR count). The van der Waals surface area contributed by atoms with Gasteiger partial charge in [-0.25, -0.2) is 0 Å². The maximum absolute atomic E-state index is 9.19. The van der Waals surface area contributed by atoms with Crippen LogP contribution in [0.3, 0.4) is 0 Å². The number of anilines is 2. The van der Waals surface area contributed by atoms with Gasteiger partial charge in [-0.3, -0.25) is 0 Å². The molecule has 0 aromatic heterocycles. The van der Waals surface area contributed by atoms with Gasteiger partial charge in [-0.1, -0.05) is 115 Å². The third kappa shape index (κ3) is 5.29. The molecule has 1 aliphatic rings. The molecule has 0 bridgehead atoms. The maximum atomic E-state index is 9.19. The van der Waals surface area contributed by atoms with Gasteiger partial charge in [0.2, 0.25) is 0 Å². The lowest BCUT2D eigenvalue weighted by molar-refractivity contribution is 0.830. The summed E-state index contributed by atoms with van der Waals surface area (Å²) >= 11 is 0. The van der Waals surface area contributed by atoms with Crippen LogP contribution in [0.5, 0.6) is 0 Å². The molecule has 3 heteroatoms. The van der Waals surface area contributed by atoms with Crippen molar-refractivity contribution in [2.24, 2.45) is 5.92 Å². The summed E-state index contributed by atoms with van der Waals surface area (Å²) < 4.78 is 0. The van der Waals surface area contributed by atoms with Crippen LogP contribution in [0.4, 0.5) is 11.4 Å². The van der Waals surface area contributed by atoms with Crippen molar-refractivity contribution in [1.29, 1.82) is 5.26 Å². The Morgan fingerprint density at radius 2 is 1.20 bits per heavy atom. The first-order chi connectivity index (χ1) is 19.7. The van der Waals surface area contributed by atoms with Gasteiger partial charge in [-0.05, 0) is 64.1 Å². The molecule has 0 radical (unpaired) electrons. The highest BCUT2D eigenvalue weighted by Gasteiger charge is 2.12. The van der Waals surface area contributed by atoms with E-state index in [0.717, 1.165) is 68.0 Å². The number of nitrogens with one attached hydrogen (secondary N) is 1. The highest BCUT2D eigenvalue weighted by molar-refractivity contribution is 5.86. The number of nitrogens with two attached hydrogens (primary N) is 1. The molecular formula is C37H29N3. The van der Waals surface area contributed by atoms with Crippen LogP contribution in [-0.2, 0) is 0 Å². The fourth-order valence-electron chi connectivity index (χ4n) is 5.13. The Morgan fingerprint density at radius 3 is 1.85 bits per heavy atom. The molecule has 3 nitrogen and oxygen atoms in total. The van der Waals surface area contributed by atoms with Crippen LogP contribution < -0.4 is 11.1 Å². The smallest absolute Gasteiger partial charge is 0.0700 e. The molecule has 192 valence electrons. The van der Waals surface area contributed by atoms with Gasteiger partial charge in [0, 0.05) is 28.2 Å². The standard InChI is InChI=1S/C37H29N3/c38-25-26-11-19-33(20-12-26)40-37-22-18-31(23-35(37)29-9-5-2-6-10-29)28-13-15-30(16-14-28)34-21-17-32(24-36(34)39)27-7-3-1-4-8-27/h1-11,13-24,26,40H,12,39H2/t26-/m0/s1. The summed E-state index contributed by atoms with van der Waals surface area (Å²) in [5.74, 6) is -0.0540. The number of nitriles is 1. The maximum Gasteiger partial charge on any atom is 0.0700 e. The third-order valence-corrected chi connectivity index (χ3v) is 7.34. The predicted molar refractivity (Wildman–Crippen MR) is 167 cm³/mol. The van der Waals surface area contributed by atoms with Gasteiger partial charge < -0.3 is 11.1 Å². The largest absolute Gasteiger partial charge is 0.398 e. The second-order valence-corrected chi connectivity index (χ2v) is 9.99. The predicted octanol–water partition coefficient (Wildman–Crippen LogP) is 9.33. The minimum atomic E-state index is -0.0540. The molecule has 0 aliphatic heterocycles. The second kappa shape index (κ2) is 11.2. The molecule has 40 heavy (non-hydrogen) atoms. The van der Waals surface area contributed by atoms with E-state index in [1.165, 1.54) is 0 Å². The van der Waals surface area contributed by atoms with Crippen molar-refractivity contribution in [3.05, 3.63) is 145 Å². The van der Waals surface area contributed by atoms with Crippen LogP contribution in [0.25, 0.3) is 44.5 Å². The molecule has 0 fully saturated rings. The number of allylic oxidation sites excluding steroid dienone is 3. The Labute approximate surface area is 235 Å². The van der Waals surface area contributed by atoms with Crippen LogP contribution in [0.2, 0.25) is 0 Å². The highest BCUT2D eigenvalue weighted by atomic mass is 14.9. The van der Waals surface area contributed by atoms with Crippen LogP contribution in [0.1, 0.15) is 6.42 Å². The summed E-state index contributed by atoms with van der Waals surface area (Å²) in [7, 11) is 0. The first-order valence-corrected chi connectivity index (χ1v) is 13.5. The van der Waals surface area contributed by atoms with Crippen LogP contribution in [0, 0.1) is 17.2 Å². The lowest BCUT2D eigenvalue weighted by atomic mass is 9.94. The molecule has 0 heterocycles. The van der Waals surface area contributed by atoms with Crippen molar-refractivity contribution < 1.29 is 0 Å². The van der Waals surface area contributed by atoms with E-state index in [1.54, 1.807) is 0 Å². The second-order valence-electron chi connectivity index (χ2n) is 9.99. The van der Waals surface area contributed by atoms with E-state index in [1.807, 2.05) is 42.5 Å². The number of nitrogen functional groups attached to an aromatic ring is 1. The van der Waals surface area contributed by atoms with Crippen molar-refractivity contribution in [3.63, 3.8) is 0 Å². The minimum Gasteiger partial charge on any atom is -0.398 e. The van der Waals surface area contributed by atoms with Crippen molar-refractivity contribution in [3.8, 4) is 50.6 Å². The fraction of sp³-hybridized carbons (Fsp3) is 0.0541. The van der Waals surface area contributed by atoms with Gasteiger partial charge in [0.05, 0.1) is 12.0 Å². The Kier molecular flexibility index (Phi) is 6.99. The molecule has 0 saturated heterocycles. The summed E-state index contributed by atoms with van der Waals surface area (Å²) in [5.41, 5.74) is 18.3. The monoisotopic (exact) mass is 515 g/mol. The molecule has 5 aromatic carbocycles. The molecule has 5 aromatic rings. The van der Waals surface area contributed by atoms with Crippen LogP contribution in [-0.4, -0.2) is 0 Å². The van der Waals surface area contributed by atoms with Crippen molar-refractivity contribution >= 4 is 11.4 Å². The zero-order chi connectivity index (χ0) is 27.3. The summed E-state index contributed by atoms with van der Waals surface area (Å²) in [6, 6.07) is 44.4. The van der Waals surface area contributed by atoms with Crippen LogP contribution in [0.15, 0.2) is 145 Å². The van der Waals surface area contributed by atoms with Crippen molar-refractivity contribution in [2.45, 2.75) is 6.42 Å². The van der Waals surface area contributed by atoms with E-state index >= 15 is 0 Å². The first kappa shape index (κ1) is 25.0. The normalized spacial score (nSPS) is 14.3. The first-order valence-electron chi connectivity index (χ1n) is 13.5. The average molecular weight is 516 g/mol. The van der Waals surface area contributed by atoms with Gasteiger partial charge in [0.25, 0.3) is 0 Å². The summed E-state index contributed by atoms with van der Waals surface area (Å²) in [6.45, 7) is 0. The SMILES string of the molecule is N#C[C@H]1C=CC(Nc2ccc(-c3ccc(-c4ccc(-c5ccccc5)cc4N)cc3)cc2-c2ccccc2)=CC1. The van der Waals surface area contributed by atoms with E-state index in [-0.39, 0.29) is 5.92 Å². The molecule has 0 amide bonds. The number of hydrogen-bond donors (Lipinski definition) is 2. The van der Waals surface area contributed by atoms with E-state index in [9.17, 15) is 5.26 Å². The van der Waals surface area contributed by atoms with E-state index < -0.39 is 0 Å². The third-order valence-electron chi connectivity index (χ3n) is 7.34. The lowest BCUT2D eigenvalue weighted by Crippen LogP contribution is -2.04. The van der Waals surface area contributed by atoms with Gasteiger partial charge >= 0.3 is 0 Å². The Morgan fingerprint density at radius 1 is 0.625 bits per heavy atom. The molecule has 3 N–H and O–H groups in total. The lowest BCUT2D eigenvalue weighted by Gasteiger charge is -2.17. The Hall–Kier alpha value is -5.33. The molecular weight excluding hydrogens is 486 g/mol. The van der Waals surface area contributed by atoms with Crippen molar-refractivity contribution in [1.82, 2.24) is 0 Å². The Bertz CT molecular complexity index is 1740. The van der Waals surface area contributed by atoms with E-state index in [2.05, 4.69) is 108 Å². The summed E-state index contributed by atoms with van der Waals surface area (Å²) in [6.07, 6.45) is 6.77. The molecule has 1 aliphatic carbocycles. The molecule has 0 spiro atoms. The van der Waals surface area contributed by atoms with Gasteiger partial charge in [-0.2, -0.15) is 5.26 Å². The minimum absolute atomic E-state index is 0.0540. The number of hydrogen-bond acceptors (Lipinski definition) is 3. The van der Waals surface area contributed by atoms with Gasteiger partial charge in [0.15, 0.2) is 0 Å².